The van der Waals surface area contributed by atoms with Crippen molar-refractivity contribution in [1.82, 2.24) is 10.2 Å². The monoisotopic (exact) mass is 228 g/mol. The van der Waals surface area contributed by atoms with Crippen LogP contribution in [-0.4, -0.2) is 37.6 Å². The number of nitrogens with one attached hydrogen (secondary N) is 1. The Kier molecular flexibility index (Phi) is 8.04. The fourth-order valence-corrected chi connectivity index (χ4v) is 2.03. The molecule has 0 fully saturated rings. The van der Waals surface area contributed by atoms with Gasteiger partial charge in [0.25, 0.3) is 0 Å². The first kappa shape index (κ1) is 15.9. The third-order valence-corrected chi connectivity index (χ3v) is 2.79. The number of hydrogen-bond donors (Lipinski definition) is 1. The van der Waals surface area contributed by atoms with Gasteiger partial charge < -0.3 is 10.2 Å². The zero-order valence-electron chi connectivity index (χ0n) is 12.3. The van der Waals surface area contributed by atoms with Crippen LogP contribution in [0.2, 0.25) is 0 Å². The standard InChI is InChI=1S/C14H32N2/c1-7-9-16(8-2)12-14(5,6)11-15-10-13(3)4/h13,15H,7-12H2,1-6H3. The van der Waals surface area contributed by atoms with E-state index in [0.29, 0.717) is 5.41 Å². The molecule has 0 radical (unpaired) electrons. The van der Waals surface area contributed by atoms with Crippen LogP contribution in [0.15, 0.2) is 0 Å². The van der Waals surface area contributed by atoms with Gasteiger partial charge in [0.1, 0.15) is 0 Å². The Balaban J connectivity index is 3.91. The van der Waals surface area contributed by atoms with E-state index < -0.39 is 0 Å². The lowest BCUT2D eigenvalue weighted by Gasteiger charge is -2.32. The smallest absolute Gasteiger partial charge is 0.00447 e. The summed E-state index contributed by atoms with van der Waals surface area (Å²) in [6.07, 6.45) is 1.25. The molecule has 0 aromatic carbocycles. The SMILES string of the molecule is CCCN(CC)CC(C)(C)CNCC(C)C. The second kappa shape index (κ2) is 8.08. The van der Waals surface area contributed by atoms with Crippen molar-refractivity contribution in [3.05, 3.63) is 0 Å². The maximum Gasteiger partial charge on any atom is 0.00447 e. The average Bonchev–Trinajstić information content (AvgIpc) is 2.15. The van der Waals surface area contributed by atoms with Crippen molar-refractivity contribution in [3.8, 4) is 0 Å². The van der Waals surface area contributed by atoms with Gasteiger partial charge in [-0.05, 0) is 37.4 Å². The summed E-state index contributed by atoms with van der Waals surface area (Å²) in [4.78, 5) is 2.55. The molecule has 0 saturated heterocycles. The molecule has 0 aliphatic rings. The Morgan fingerprint density at radius 1 is 1.19 bits per heavy atom. The van der Waals surface area contributed by atoms with E-state index in [0.717, 1.165) is 19.0 Å². The predicted molar refractivity (Wildman–Crippen MR) is 73.9 cm³/mol. The molecule has 16 heavy (non-hydrogen) atoms. The highest BCUT2D eigenvalue weighted by Gasteiger charge is 2.20. The van der Waals surface area contributed by atoms with Crippen LogP contribution in [0.1, 0.15) is 48.0 Å². The van der Waals surface area contributed by atoms with Crippen LogP contribution in [0.5, 0.6) is 0 Å². The van der Waals surface area contributed by atoms with Crippen LogP contribution in [0, 0.1) is 11.3 Å². The van der Waals surface area contributed by atoms with E-state index in [9.17, 15) is 0 Å². The average molecular weight is 228 g/mol. The summed E-state index contributed by atoms with van der Waals surface area (Å²) >= 11 is 0. The van der Waals surface area contributed by atoms with Gasteiger partial charge >= 0.3 is 0 Å². The first-order valence-corrected chi connectivity index (χ1v) is 6.84. The second-order valence-corrected chi connectivity index (χ2v) is 6.06. The van der Waals surface area contributed by atoms with Crippen LogP contribution in [-0.2, 0) is 0 Å². The van der Waals surface area contributed by atoms with E-state index in [1.54, 1.807) is 0 Å². The minimum absolute atomic E-state index is 0.375. The van der Waals surface area contributed by atoms with Crippen LogP contribution >= 0.6 is 0 Å². The van der Waals surface area contributed by atoms with Gasteiger partial charge in [0.2, 0.25) is 0 Å². The van der Waals surface area contributed by atoms with Gasteiger partial charge in [-0.25, -0.2) is 0 Å². The van der Waals surface area contributed by atoms with Gasteiger partial charge in [-0.15, -0.1) is 0 Å². The molecule has 0 heterocycles. The van der Waals surface area contributed by atoms with E-state index in [1.165, 1.54) is 26.1 Å². The predicted octanol–water partition coefficient (Wildman–Crippen LogP) is 2.99. The molecule has 0 spiro atoms. The topological polar surface area (TPSA) is 15.3 Å². The molecule has 0 aromatic heterocycles. The molecule has 0 amide bonds. The molecule has 0 saturated carbocycles. The summed E-state index contributed by atoms with van der Waals surface area (Å²) < 4.78 is 0. The molecular formula is C14H32N2. The van der Waals surface area contributed by atoms with Crippen LogP contribution < -0.4 is 5.32 Å². The maximum atomic E-state index is 3.57. The molecule has 0 bridgehead atoms. The van der Waals surface area contributed by atoms with E-state index in [2.05, 4.69) is 51.8 Å². The molecular weight excluding hydrogens is 196 g/mol. The summed E-state index contributed by atoms with van der Waals surface area (Å²) in [5.74, 6) is 0.744. The molecule has 0 atom stereocenters. The van der Waals surface area contributed by atoms with Crippen molar-refractivity contribution in [2.45, 2.75) is 48.0 Å². The Labute approximate surface area is 103 Å². The summed E-state index contributed by atoms with van der Waals surface area (Å²) in [6, 6.07) is 0. The molecule has 1 N–H and O–H groups in total. The van der Waals surface area contributed by atoms with Crippen molar-refractivity contribution < 1.29 is 0 Å². The quantitative estimate of drug-likeness (QED) is 0.652. The third-order valence-electron chi connectivity index (χ3n) is 2.79. The van der Waals surface area contributed by atoms with Gasteiger partial charge in [-0.3, -0.25) is 0 Å². The Morgan fingerprint density at radius 2 is 1.81 bits per heavy atom. The first-order valence-electron chi connectivity index (χ1n) is 6.84. The summed E-state index contributed by atoms with van der Waals surface area (Å²) in [5.41, 5.74) is 0.375. The number of rotatable bonds is 9. The molecule has 0 aromatic rings. The van der Waals surface area contributed by atoms with Crippen molar-refractivity contribution >= 4 is 0 Å². The maximum absolute atomic E-state index is 3.57. The van der Waals surface area contributed by atoms with Gasteiger partial charge in [0, 0.05) is 13.1 Å². The van der Waals surface area contributed by atoms with E-state index >= 15 is 0 Å². The van der Waals surface area contributed by atoms with Crippen molar-refractivity contribution in [2.75, 3.05) is 32.7 Å². The minimum atomic E-state index is 0.375. The van der Waals surface area contributed by atoms with Crippen LogP contribution in [0.25, 0.3) is 0 Å². The van der Waals surface area contributed by atoms with Gasteiger partial charge in [0.05, 0.1) is 0 Å². The minimum Gasteiger partial charge on any atom is -0.316 e. The highest BCUT2D eigenvalue weighted by atomic mass is 15.1. The fraction of sp³-hybridized carbons (Fsp3) is 1.00. The van der Waals surface area contributed by atoms with Gasteiger partial charge in [-0.1, -0.05) is 41.5 Å². The largest absolute Gasteiger partial charge is 0.316 e. The van der Waals surface area contributed by atoms with Crippen LogP contribution in [0.4, 0.5) is 0 Å². The van der Waals surface area contributed by atoms with Crippen molar-refractivity contribution in [1.29, 1.82) is 0 Å². The molecule has 98 valence electrons. The molecule has 0 aliphatic heterocycles. The molecule has 0 unspecified atom stereocenters. The van der Waals surface area contributed by atoms with Gasteiger partial charge in [0.15, 0.2) is 0 Å². The van der Waals surface area contributed by atoms with E-state index in [-0.39, 0.29) is 0 Å². The van der Waals surface area contributed by atoms with Gasteiger partial charge in [-0.2, -0.15) is 0 Å². The van der Waals surface area contributed by atoms with Crippen LogP contribution in [0.3, 0.4) is 0 Å². The second-order valence-electron chi connectivity index (χ2n) is 6.06. The summed E-state index contributed by atoms with van der Waals surface area (Å²) in [6.45, 7) is 19.6. The lowest BCUT2D eigenvalue weighted by molar-refractivity contribution is 0.180. The zero-order chi connectivity index (χ0) is 12.6. The third kappa shape index (κ3) is 8.12. The first-order chi connectivity index (χ1) is 7.41. The highest BCUT2D eigenvalue weighted by Crippen LogP contribution is 2.16. The van der Waals surface area contributed by atoms with E-state index in [1.807, 2.05) is 0 Å². The molecule has 0 rings (SSSR count). The summed E-state index contributed by atoms with van der Waals surface area (Å²) in [7, 11) is 0. The summed E-state index contributed by atoms with van der Waals surface area (Å²) in [5, 5.41) is 3.57. The lowest BCUT2D eigenvalue weighted by Crippen LogP contribution is -2.41. The Hall–Kier alpha value is -0.0800. The molecule has 2 heteroatoms. The lowest BCUT2D eigenvalue weighted by atomic mass is 9.92. The molecule has 0 aliphatic carbocycles. The highest BCUT2D eigenvalue weighted by molar-refractivity contribution is 4.76. The normalized spacial score (nSPS) is 12.8. The molecule has 2 nitrogen and oxygen atoms in total. The number of nitrogens with zero attached hydrogens (tertiary/aromatic N) is 1. The fourth-order valence-electron chi connectivity index (χ4n) is 2.03. The Morgan fingerprint density at radius 3 is 2.25 bits per heavy atom. The number of hydrogen-bond acceptors (Lipinski definition) is 2. The van der Waals surface area contributed by atoms with E-state index in [4.69, 9.17) is 0 Å². The zero-order valence-corrected chi connectivity index (χ0v) is 12.3. The van der Waals surface area contributed by atoms with Crippen molar-refractivity contribution in [3.63, 3.8) is 0 Å². The Bertz CT molecular complexity index is 164. The van der Waals surface area contributed by atoms with Crippen molar-refractivity contribution in [2.24, 2.45) is 11.3 Å².